The summed E-state index contributed by atoms with van der Waals surface area (Å²) in [5.74, 6) is 0.842. The summed E-state index contributed by atoms with van der Waals surface area (Å²) in [5.41, 5.74) is 1.48. The van der Waals surface area contributed by atoms with E-state index < -0.39 is 6.04 Å². The minimum atomic E-state index is -0.567. The Morgan fingerprint density at radius 2 is 2.24 bits per heavy atom. The quantitative estimate of drug-likeness (QED) is 0.503. The van der Waals surface area contributed by atoms with E-state index in [-0.39, 0.29) is 18.1 Å². The Balaban J connectivity index is 1.45. The zero-order valence-corrected chi connectivity index (χ0v) is 16.4. The molecule has 4 aromatic rings. The average Bonchev–Trinajstić information content (AvgIpc) is 3.46. The molecule has 148 valence electrons. The zero-order chi connectivity index (χ0) is 20.2. The van der Waals surface area contributed by atoms with Gasteiger partial charge in [-0.3, -0.25) is 4.79 Å². The largest absolute Gasteiger partial charge is 0.421 e. The van der Waals surface area contributed by atoms with Crippen molar-refractivity contribution in [3.63, 3.8) is 0 Å². The second-order valence-corrected chi connectivity index (χ2v) is 7.24. The van der Waals surface area contributed by atoms with Crippen LogP contribution < -0.4 is 5.32 Å². The zero-order valence-electron chi connectivity index (χ0n) is 15.6. The molecule has 1 unspecified atom stereocenters. The number of rotatable bonds is 7. The molecular weight excluding hydrogens is 393 g/mol. The summed E-state index contributed by atoms with van der Waals surface area (Å²) in [6.45, 7) is 0. The number of hydrogen-bond acceptors (Lipinski definition) is 6. The number of aryl methyl sites for hydroxylation is 2. The highest BCUT2D eigenvalue weighted by molar-refractivity contribution is 7.08. The highest BCUT2D eigenvalue weighted by Crippen LogP contribution is 2.23. The predicted octanol–water partition coefficient (Wildman–Crippen LogP) is 3.51. The fourth-order valence-electron chi connectivity index (χ4n) is 2.95. The lowest BCUT2D eigenvalue weighted by Crippen LogP contribution is -2.31. The molecule has 1 aromatic carbocycles. The molecule has 1 N–H and O–H groups in total. The maximum Gasteiger partial charge on any atom is 0.248 e. The van der Waals surface area contributed by atoms with Crippen LogP contribution in [0.3, 0.4) is 0 Å². The first-order chi connectivity index (χ1) is 14.1. The Morgan fingerprint density at radius 3 is 2.97 bits per heavy atom. The molecule has 0 aliphatic rings. The smallest absolute Gasteiger partial charge is 0.248 e. The molecule has 0 fully saturated rings. The number of thiophene rings is 1. The summed E-state index contributed by atoms with van der Waals surface area (Å²) in [5, 5.41) is 14.8. The maximum atomic E-state index is 13.7. The first kappa shape index (κ1) is 19.0. The van der Waals surface area contributed by atoms with Gasteiger partial charge in [-0.15, -0.1) is 10.2 Å². The van der Waals surface area contributed by atoms with Crippen LogP contribution >= 0.6 is 11.3 Å². The van der Waals surface area contributed by atoms with Crippen molar-refractivity contribution in [1.82, 2.24) is 25.1 Å². The molecule has 4 rings (SSSR count). The molecule has 0 aliphatic carbocycles. The second kappa shape index (κ2) is 8.36. The Hall–Kier alpha value is -3.33. The molecule has 0 radical (unpaired) electrons. The van der Waals surface area contributed by atoms with Gasteiger partial charge >= 0.3 is 0 Å². The van der Waals surface area contributed by atoms with Gasteiger partial charge in [-0.25, -0.2) is 9.37 Å². The molecule has 7 nitrogen and oxygen atoms in total. The van der Waals surface area contributed by atoms with Gasteiger partial charge in [0, 0.05) is 43.2 Å². The molecule has 0 bridgehead atoms. The van der Waals surface area contributed by atoms with E-state index >= 15 is 0 Å². The van der Waals surface area contributed by atoms with E-state index in [2.05, 4.69) is 20.5 Å². The molecule has 0 saturated heterocycles. The number of carbonyl (C=O) groups excluding carboxylic acids is 1. The third kappa shape index (κ3) is 4.40. The van der Waals surface area contributed by atoms with Gasteiger partial charge in [0.1, 0.15) is 17.7 Å². The summed E-state index contributed by atoms with van der Waals surface area (Å²) < 4.78 is 21.1. The molecule has 0 saturated carbocycles. The summed E-state index contributed by atoms with van der Waals surface area (Å²) in [6.07, 6.45) is 3.87. The molecule has 3 heterocycles. The van der Waals surface area contributed by atoms with Gasteiger partial charge < -0.3 is 14.3 Å². The summed E-state index contributed by atoms with van der Waals surface area (Å²) in [6, 6.07) is 7.45. The van der Waals surface area contributed by atoms with Crippen molar-refractivity contribution in [2.45, 2.75) is 18.9 Å². The molecule has 3 aromatic heterocycles. The monoisotopic (exact) mass is 411 g/mol. The third-order valence-corrected chi connectivity index (χ3v) is 5.09. The lowest BCUT2D eigenvalue weighted by Gasteiger charge is -2.19. The average molecular weight is 411 g/mol. The van der Waals surface area contributed by atoms with E-state index in [1.165, 1.54) is 12.1 Å². The van der Waals surface area contributed by atoms with E-state index in [9.17, 15) is 9.18 Å². The van der Waals surface area contributed by atoms with Gasteiger partial charge in [0.05, 0.1) is 0 Å². The van der Waals surface area contributed by atoms with E-state index in [0.29, 0.717) is 29.6 Å². The van der Waals surface area contributed by atoms with Crippen LogP contribution in [0.5, 0.6) is 0 Å². The standard InChI is InChI=1S/C20H18FN5O2S/c1-26-9-8-22-19(26)18(13-3-2-4-15(21)11-13)23-16(27)5-6-17-24-25-20(28-17)14-7-10-29-12-14/h2-4,7-12,18H,5-6H2,1H3,(H,23,27). The van der Waals surface area contributed by atoms with Crippen LogP contribution in [0.15, 0.2) is 57.9 Å². The SMILES string of the molecule is Cn1ccnc1C(NC(=O)CCc1nnc(-c2ccsc2)o1)c1cccc(F)c1. The van der Waals surface area contributed by atoms with Crippen LogP contribution in [0.4, 0.5) is 4.39 Å². The fraction of sp³-hybridized carbons (Fsp3) is 0.200. The van der Waals surface area contributed by atoms with E-state index in [1.54, 1.807) is 40.4 Å². The van der Waals surface area contributed by atoms with Gasteiger partial charge in [0.2, 0.25) is 17.7 Å². The van der Waals surface area contributed by atoms with Gasteiger partial charge in [-0.2, -0.15) is 11.3 Å². The normalized spacial score (nSPS) is 12.1. The van der Waals surface area contributed by atoms with Gasteiger partial charge in [0.25, 0.3) is 0 Å². The molecule has 1 atom stereocenters. The number of benzene rings is 1. The number of aromatic nitrogens is 4. The third-order valence-electron chi connectivity index (χ3n) is 4.40. The van der Waals surface area contributed by atoms with Crippen LogP contribution in [-0.4, -0.2) is 25.7 Å². The summed E-state index contributed by atoms with van der Waals surface area (Å²) in [4.78, 5) is 16.9. The van der Waals surface area contributed by atoms with Gasteiger partial charge in [-0.05, 0) is 29.1 Å². The lowest BCUT2D eigenvalue weighted by atomic mass is 10.1. The van der Waals surface area contributed by atoms with Crippen LogP contribution in [0, 0.1) is 5.82 Å². The van der Waals surface area contributed by atoms with Crippen molar-refractivity contribution >= 4 is 17.2 Å². The van der Waals surface area contributed by atoms with Crippen LogP contribution in [-0.2, 0) is 18.3 Å². The molecule has 1 amide bonds. The second-order valence-electron chi connectivity index (χ2n) is 6.46. The highest BCUT2D eigenvalue weighted by atomic mass is 32.1. The van der Waals surface area contributed by atoms with Crippen molar-refractivity contribution in [2.24, 2.45) is 7.05 Å². The maximum absolute atomic E-state index is 13.7. The van der Waals surface area contributed by atoms with Crippen LogP contribution in [0.25, 0.3) is 11.5 Å². The molecule has 29 heavy (non-hydrogen) atoms. The highest BCUT2D eigenvalue weighted by Gasteiger charge is 2.21. The van der Waals surface area contributed by atoms with E-state index in [1.807, 2.05) is 23.9 Å². The topological polar surface area (TPSA) is 85.8 Å². The Bertz CT molecular complexity index is 1110. The molecule has 9 heteroatoms. The summed E-state index contributed by atoms with van der Waals surface area (Å²) >= 11 is 1.54. The van der Waals surface area contributed by atoms with Crippen molar-refractivity contribution in [3.8, 4) is 11.5 Å². The van der Waals surface area contributed by atoms with Crippen molar-refractivity contribution in [1.29, 1.82) is 0 Å². The minimum absolute atomic E-state index is 0.154. The number of hydrogen-bond donors (Lipinski definition) is 1. The fourth-order valence-corrected chi connectivity index (χ4v) is 3.58. The van der Waals surface area contributed by atoms with Crippen molar-refractivity contribution in [3.05, 3.63) is 76.6 Å². The van der Waals surface area contributed by atoms with E-state index in [0.717, 1.165) is 5.56 Å². The van der Waals surface area contributed by atoms with Gasteiger partial charge in [0.15, 0.2) is 0 Å². The number of nitrogens with one attached hydrogen (secondary N) is 1. The number of amides is 1. The first-order valence-corrected chi connectivity index (χ1v) is 9.91. The van der Waals surface area contributed by atoms with E-state index in [4.69, 9.17) is 4.42 Å². The number of halogens is 1. The van der Waals surface area contributed by atoms with Crippen LogP contribution in [0.2, 0.25) is 0 Å². The number of nitrogens with zero attached hydrogens (tertiary/aromatic N) is 4. The molecule has 0 spiro atoms. The van der Waals surface area contributed by atoms with Gasteiger partial charge in [-0.1, -0.05) is 12.1 Å². The van der Waals surface area contributed by atoms with Crippen LogP contribution in [0.1, 0.15) is 29.7 Å². The predicted molar refractivity (Wildman–Crippen MR) is 106 cm³/mol. The lowest BCUT2D eigenvalue weighted by molar-refractivity contribution is -0.121. The Labute approximate surface area is 170 Å². The Kier molecular flexibility index (Phi) is 5.48. The first-order valence-electron chi connectivity index (χ1n) is 8.97. The molecule has 0 aliphatic heterocycles. The summed E-state index contributed by atoms with van der Waals surface area (Å²) in [7, 11) is 1.82. The minimum Gasteiger partial charge on any atom is -0.421 e. The van der Waals surface area contributed by atoms with Crippen molar-refractivity contribution < 1.29 is 13.6 Å². The number of imidazole rings is 1. The number of carbonyl (C=O) groups is 1. The Morgan fingerprint density at radius 1 is 1.34 bits per heavy atom. The molecular formula is C20H18FN5O2S. The van der Waals surface area contributed by atoms with Crippen molar-refractivity contribution in [2.75, 3.05) is 0 Å².